The number of carbonyl (C=O) groups is 1. The van der Waals surface area contributed by atoms with Crippen molar-refractivity contribution < 1.29 is 4.79 Å². The summed E-state index contributed by atoms with van der Waals surface area (Å²) < 4.78 is 0. The number of rotatable bonds is 2. The Balaban J connectivity index is 2.38. The number of halogens is 1. The number of carbonyl (C=O) groups excluding carboxylic acids is 1. The molecule has 1 N–H and O–H groups in total. The monoisotopic (exact) mass is 294 g/mol. The Hall–Kier alpha value is -0.300. The number of aromatic nitrogens is 1. The summed E-state index contributed by atoms with van der Waals surface area (Å²) in [5, 5.41) is 2.66. The fraction of sp³-hybridized carbons (Fsp3) is 0.143. The molecule has 1 rings (SSSR count). The van der Waals surface area contributed by atoms with Gasteiger partial charge < -0.3 is 5.32 Å². The van der Waals surface area contributed by atoms with Gasteiger partial charge in [0.1, 0.15) is 0 Å². The molecule has 0 aliphatic carbocycles. The highest BCUT2D eigenvalue weighted by Gasteiger charge is 1.98. The lowest BCUT2D eigenvalue weighted by Gasteiger charge is -1.99. The molecule has 0 bridgehead atoms. The second-order valence-corrected chi connectivity index (χ2v) is 3.89. The zero-order valence-corrected chi connectivity index (χ0v) is 9.13. The molecule has 0 atom stereocenters. The molecule has 1 amide bonds. The third-order valence-corrected chi connectivity index (χ3v) is 2.69. The maximum absolute atomic E-state index is 10.8. The molecule has 1 aromatic heterocycles. The Morgan fingerprint density at radius 3 is 3.08 bits per heavy atom. The van der Waals surface area contributed by atoms with Crippen molar-refractivity contribution in [3.05, 3.63) is 30.1 Å². The predicted octanol–water partition coefficient (Wildman–Crippen LogP) is 2.37. The standard InChI is InChI=1S/C7H7IN2OS/c8-12-7(11)10-5-6-3-1-2-4-9-6/h1-4H,5H2,(H,10,11). The van der Waals surface area contributed by atoms with Crippen LogP contribution in [0.25, 0.3) is 0 Å². The number of nitrogens with one attached hydrogen (secondary N) is 1. The van der Waals surface area contributed by atoms with Gasteiger partial charge in [0.15, 0.2) is 0 Å². The van der Waals surface area contributed by atoms with Gasteiger partial charge in [0.2, 0.25) is 0 Å². The molecule has 1 heterocycles. The molecule has 0 fully saturated rings. The van der Waals surface area contributed by atoms with E-state index in [1.54, 1.807) is 6.20 Å². The Labute approximate surface area is 86.9 Å². The summed E-state index contributed by atoms with van der Waals surface area (Å²) in [6.45, 7) is 0.496. The average Bonchev–Trinajstić information content (AvgIpc) is 2.16. The van der Waals surface area contributed by atoms with E-state index in [-0.39, 0.29) is 5.24 Å². The van der Waals surface area contributed by atoms with Crippen molar-refractivity contribution in [3.63, 3.8) is 0 Å². The van der Waals surface area contributed by atoms with Crippen LogP contribution in [-0.4, -0.2) is 10.2 Å². The van der Waals surface area contributed by atoms with Crippen molar-refractivity contribution in [2.45, 2.75) is 6.54 Å². The van der Waals surface area contributed by atoms with E-state index in [0.29, 0.717) is 6.54 Å². The lowest BCUT2D eigenvalue weighted by molar-refractivity contribution is 0.260. The quantitative estimate of drug-likeness (QED) is 0.852. The number of hydrogen-bond donors (Lipinski definition) is 1. The molecule has 0 saturated heterocycles. The summed E-state index contributed by atoms with van der Waals surface area (Å²) >= 11 is 1.94. The van der Waals surface area contributed by atoms with Gasteiger partial charge in [-0.25, -0.2) is 0 Å². The van der Waals surface area contributed by atoms with Gasteiger partial charge >= 0.3 is 0 Å². The van der Waals surface area contributed by atoms with Crippen LogP contribution in [-0.2, 0) is 6.54 Å². The third-order valence-electron chi connectivity index (χ3n) is 1.21. The van der Waals surface area contributed by atoms with Crippen LogP contribution in [0.15, 0.2) is 24.4 Å². The maximum atomic E-state index is 10.8. The highest BCUT2D eigenvalue weighted by Crippen LogP contribution is 2.11. The average molecular weight is 294 g/mol. The molecule has 5 heteroatoms. The normalized spacial score (nSPS) is 9.42. The fourth-order valence-electron chi connectivity index (χ4n) is 0.693. The Bertz CT molecular complexity index is 255. The van der Waals surface area contributed by atoms with Gasteiger partial charge in [0, 0.05) is 36.3 Å². The minimum absolute atomic E-state index is 0.0405. The van der Waals surface area contributed by atoms with Gasteiger partial charge in [-0.2, -0.15) is 0 Å². The fourth-order valence-corrected chi connectivity index (χ4v) is 1.29. The summed E-state index contributed by atoms with van der Waals surface area (Å²) in [6, 6.07) is 5.61. The lowest BCUT2D eigenvalue weighted by Crippen LogP contribution is -2.17. The molecule has 0 aromatic carbocycles. The molecule has 0 radical (unpaired) electrons. The summed E-state index contributed by atoms with van der Waals surface area (Å²) in [4.78, 5) is 14.9. The number of nitrogens with zero attached hydrogens (tertiary/aromatic N) is 1. The van der Waals surface area contributed by atoms with E-state index in [2.05, 4.69) is 10.3 Å². The first kappa shape index (κ1) is 9.79. The van der Waals surface area contributed by atoms with Crippen molar-refractivity contribution in [2.24, 2.45) is 0 Å². The predicted molar refractivity (Wildman–Crippen MR) is 58.1 cm³/mol. The van der Waals surface area contributed by atoms with E-state index >= 15 is 0 Å². The summed E-state index contributed by atoms with van der Waals surface area (Å²) in [5.41, 5.74) is 0.872. The minimum atomic E-state index is -0.0405. The number of hydrogen-bond acceptors (Lipinski definition) is 3. The van der Waals surface area contributed by atoms with Crippen molar-refractivity contribution in [1.82, 2.24) is 10.3 Å². The summed E-state index contributed by atoms with van der Waals surface area (Å²) in [5.74, 6) is 0. The molecule has 0 saturated carbocycles. The van der Waals surface area contributed by atoms with E-state index in [1.807, 2.05) is 39.4 Å². The molecule has 1 aromatic rings. The first-order valence-corrected chi connectivity index (χ1v) is 6.65. The van der Waals surface area contributed by atoms with Crippen LogP contribution < -0.4 is 5.32 Å². The molecule has 12 heavy (non-hydrogen) atoms. The van der Waals surface area contributed by atoms with E-state index in [0.717, 1.165) is 14.6 Å². The molecule has 0 unspecified atom stereocenters. The lowest BCUT2D eigenvalue weighted by atomic mass is 10.3. The second-order valence-electron chi connectivity index (χ2n) is 2.04. The number of amides is 1. The van der Waals surface area contributed by atoms with E-state index in [9.17, 15) is 4.79 Å². The van der Waals surface area contributed by atoms with Crippen LogP contribution in [0, 0.1) is 0 Å². The van der Waals surface area contributed by atoms with Crippen molar-refractivity contribution in [2.75, 3.05) is 0 Å². The van der Waals surface area contributed by atoms with Crippen LogP contribution >= 0.6 is 30.1 Å². The Kier molecular flexibility index (Phi) is 4.37. The summed E-state index contributed by atoms with van der Waals surface area (Å²) in [6.07, 6.45) is 1.71. The molecule has 0 aliphatic rings. The highest BCUT2D eigenvalue weighted by molar-refractivity contribution is 14.2. The molecular formula is C7H7IN2OS. The van der Waals surface area contributed by atoms with E-state index in [1.165, 1.54) is 0 Å². The van der Waals surface area contributed by atoms with Gasteiger partial charge in [-0.3, -0.25) is 9.78 Å². The Morgan fingerprint density at radius 1 is 1.67 bits per heavy atom. The zero-order chi connectivity index (χ0) is 8.81. The smallest absolute Gasteiger partial charge is 0.289 e. The Morgan fingerprint density at radius 2 is 2.50 bits per heavy atom. The van der Waals surface area contributed by atoms with Crippen LogP contribution in [0.2, 0.25) is 0 Å². The van der Waals surface area contributed by atoms with Gasteiger partial charge in [0.25, 0.3) is 5.24 Å². The van der Waals surface area contributed by atoms with E-state index < -0.39 is 0 Å². The van der Waals surface area contributed by atoms with Crippen LogP contribution in [0.5, 0.6) is 0 Å². The van der Waals surface area contributed by atoms with Crippen LogP contribution in [0.3, 0.4) is 0 Å². The van der Waals surface area contributed by atoms with Gasteiger partial charge in [0.05, 0.1) is 12.2 Å². The van der Waals surface area contributed by atoms with Gasteiger partial charge in [-0.15, -0.1) is 0 Å². The van der Waals surface area contributed by atoms with E-state index in [4.69, 9.17) is 0 Å². The van der Waals surface area contributed by atoms with Gasteiger partial charge in [-0.05, 0) is 12.1 Å². The molecular weight excluding hydrogens is 287 g/mol. The molecule has 64 valence electrons. The molecule has 0 aliphatic heterocycles. The van der Waals surface area contributed by atoms with Crippen LogP contribution in [0.4, 0.5) is 4.79 Å². The third kappa shape index (κ3) is 3.40. The number of pyridine rings is 1. The minimum Gasteiger partial charge on any atom is -0.341 e. The van der Waals surface area contributed by atoms with Crippen LogP contribution in [0.1, 0.15) is 5.69 Å². The topological polar surface area (TPSA) is 42.0 Å². The van der Waals surface area contributed by atoms with Crippen molar-refractivity contribution in [3.8, 4) is 0 Å². The second kappa shape index (κ2) is 5.36. The zero-order valence-electron chi connectivity index (χ0n) is 6.16. The SMILES string of the molecule is O=C(NCc1ccccn1)SI. The highest BCUT2D eigenvalue weighted by atomic mass is 127. The van der Waals surface area contributed by atoms with Crippen molar-refractivity contribution in [1.29, 1.82) is 0 Å². The maximum Gasteiger partial charge on any atom is 0.289 e. The molecule has 0 spiro atoms. The molecule has 3 nitrogen and oxygen atoms in total. The first-order chi connectivity index (χ1) is 5.83. The first-order valence-electron chi connectivity index (χ1n) is 3.29. The summed E-state index contributed by atoms with van der Waals surface area (Å²) in [7, 11) is 1.14. The van der Waals surface area contributed by atoms with Crippen molar-refractivity contribution >= 4 is 35.4 Å². The van der Waals surface area contributed by atoms with Gasteiger partial charge in [-0.1, -0.05) is 6.07 Å². The largest absolute Gasteiger partial charge is 0.341 e.